The SMILES string of the molecule is c1ccc(Cc2ccc(NC3CCCCC3)c(NC3CCCCC3)c2)cc1. The Bertz CT molecular complexity index is 698. The zero-order chi connectivity index (χ0) is 18.3. The van der Waals surface area contributed by atoms with E-state index in [0.29, 0.717) is 12.1 Å². The van der Waals surface area contributed by atoms with Gasteiger partial charge in [0, 0.05) is 12.1 Å². The third kappa shape index (κ3) is 5.28. The number of benzene rings is 2. The van der Waals surface area contributed by atoms with Crippen molar-refractivity contribution in [2.24, 2.45) is 0 Å². The summed E-state index contributed by atoms with van der Waals surface area (Å²) in [6.45, 7) is 0. The second kappa shape index (κ2) is 9.30. The van der Waals surface area contributed by atoms with Crippen LogP contribution in [0.2, 0.25) is 0 Å². The number of nitrogens with one attached hydrogen (secondary N) is 2. The molecule has 4 rings (SSSR count). The second-order valence-electron chi connectivity index (χ2n) is 8.50. The van der Waals surface area contributed by atoms with Crippen LogP contribution in [0, 0.1) is 0 Å². The van der Waals surface area contributed by atoms with Crippen LogP contribution in [0.25, 0.3) is 0 Å². The molecule has 0 bridgehead atoms. The normalized spacial score (nSPS) is 19.0. The summed E-state index contributed by atoms with van der Waals surface area (Å²) in [7, 11) is 0. The van der Waals surface area contributed by atoms with Crippen molar-refractivity contribution in [2.75, 3.05) is 10.6 Å². The average Bonchev–Trinajstić information content (AvgIpc) is 2.72. The molecule has 0 aliphatic heterocycles. The smallest absolute Gasteiger partial charge is 0.0581 e. The molecule has 0 saturated heterocycles. The van der Waals surface area contributed by atoms with Crippen LogP contribution in [0.15, 0.2) is 48.5 Å². The Balaban J connectivity index is 1.52. The van der Waals surface area contributed by atoms with Crippen LogP contribution in [0.1, 0.15) is 75.3 Å². The maximum Gasteiger partial charge on any atom is 0.0581 e. The number of anilines is 2. The molecule has 0 spiro atoms. The lowest BCUT2D eigenvalue weighted by Crippen LogP contribution is -2.26. The van der Waals surface area contributed by atoms with Gasteiger partial charge < -0.3 is 10.6 Å². The van der Waals surface area contributed by atoms with Gasteiger partial charge in [0.25, 0.3) is 0 Å². The van der Waals surface area contributed by atoms with Crippen molar-refractivity contribution in [3.8, 4) is 0 Å². The van der Waals surface area contributed by atoms with Crippen molar-refractivity contribution >= 4 is 11.4 Å². The van der Waals surface area contributed by atoms with Gasteiger partial charge in [-0.1, -0.05) is 74.9 Å². The van der Waals surface area contributed by atoms with Gasteiger partial charge in [0.05, 0.1) is 11.4 Å². The number of hydrogen-bond acceptors (Lipinski definition) is 2. The molecule has 2 heteroatoms. The lowest BCUT2D eigenvalue weighted by molar-refractivity contribution is 0.459. The van der Waals surface area contributed by atoms with Crippen molar-refractivity contribution in [2.45, 2.75) is 82.7 Å². The van der Waals surface area contributed by atoms with E-state index >= 15 is 0 Å². The van der Waals surface area contributed by atoms with E-state index in [2.05, 4.69) is 59.2 Å². The van der Waals surface area contributed by atoms with Crippen LogP contribution >= 0.6 is 0 Å². The van der Waals surface area contributed by atoms with E-state index in [4.69, 9.17) is 0 Å². The summed E-state index contributed by atoms with van der Waals surface area (Å²) in [5, 5.41) is 7.77. The highest BCUT2D eigenvalue weighted by Crippen LogP contribution is 2.31. The Morgan fingerprint density at radius 1 is 0.593 bits per heavy atom. The molecule has 0 radical (unpaired) electrons. The summed E-state index contributed by atoms with van der Waals surface area (Å²) in [4.78, 5) is 0. The predicted molar refractivity (Wildman–Crippen MR) is 117 cm³/mol. The lowest BCUT2D eigenvalue weighted by Gasteiger charge is -2.29. The fraction of sp³-hybridized carbons (Fsp3) is 0.520. The molecule has 0 aromatic heterocycles. The Hall–Kier alpha value is -1.96. The highest BCUT2D eigenvalue weighted by molar-refractivity contribution is 5.70. The zero-order valence-electron chi connectivity index (χ0n) is 16.6. The quantitative estimate of drug-likeness (QED) is 0.593. The summed E-state index contributed by atoms with van der Waals surface area (Å²) < 4.78 is 0. The third-order valence-corrected chi connectivity index (χ3v) is 6.26. The Labute approximate surface area is 164 Å². The van der Waals surface area contributed by atoms with Gasteiger partial charge in [-0.25, -0.2) is 0 Å². The summed E-state index contributed by atoms with van der Waals surface area (Å²) in [5.41, 5.74) is 5.41. The topological polar surface area (TPSA) is 24.1 Å². The molecular formula is C25H34N2. The molecule has 2 aromatic rings. The lowest BCUT2D eigenvalue weighted by atomic mass is 9.94. The van der Waals surface area contributed by atoms with E-state index in [-0.39, 0.29) is 0 Å². The van der Waals surface area contributed by atoms with E-state index < -0.39 is 0 Å². The summed E-state index contributed by atoms with van der Waals surface area (Å²) >= 11 is 0. The van der Waals surface area contributed by atoms with Gasteiger partial charge >= 0.3 is 0 Å². The molecule has 2 aromatic carbocycles. The number of hydrogen-bond donors (Lipinski definition) is 2. The standard InChI is InChI=1S/C25H34N2/c1-4-10-20(11-5-1)18-21-16-17-24(26-22-12-6-2-7-13-22)25(19-21)27-23-14-8-3-9-15-23/h1,4-5,10-11,16-17,19,22-23,26-27H,2-3,6-9,12-15,18H2. The van der Waals surface area contributed by atoms with Crippen LogP contribution in [0.5, 0.6) is 0 Å². The van der Waals surface area contributed by atoms with E-state index in [0.717, 1.165) is 6.42 Å². The van der Waals surface area contributed by atoms with E-state index in [9.17, 15) is 0 Å². The highest BCUT2D eigenvalue weighted by atomic mass is 15.0. The molecular weight excluding hydrogens is 328 g/mol. The predicted octanol–water partition coefficient (Wildman–Crippen LogP) is 6.77. The van der Waals surface area contributed by atoms with E-state index in [1.165, 1.54) is 86.7 Å². The molecule has 2 N–H and O–H groups in total. The van der Waals surface area contributed by atoms with Crippen LogP contribution in [0.4, 0.5) is 11.4 Å². The van der Waals surface area contributed by atoms with Gasteiger partial charge in [0.2, 0.25) is 0 Å². The zero-order valence-corrected chi connectivity index (χ0v) is 16.6. The first-order valence-corrected chi connectivity index (χ1v) is 11.1. The van der Waals surface area contributed by atoms with Gasteiger partial charge in [0.15, 0.2) is 0 Å². The van der Waals surface area contributed by atoms with Crippen LogP contribution < -0.4 is 10.6 Å². The van der Waals surface area contributed by atoms with Crippen molar-refractivity contribution in [1.82, 2.24) is 0 Å². The summed E-state index contributed by atoms with van der Waals surface area (Å²) in [5.74, 6) is 0. The van der Waals surface area contributed by atoms with Crippen LogP contribution in [0.3, 0.4) is 0 Å². The van der Waals surface area contributed by atoms with Crippen LogP contribution in [-0.4, -0.2) is 12.1 Å². The minimum Gasteiger partial charge on any atom is -0.381 e. The van der Waals surface area contributed by atoms with Gasteiger partial charge in [-0.15, -0.1) is 0 Å². The molecule has 0 unspecified atom stereocenters. The van der Waals surface area contributed by atoms with Gasteiger partial charge in [0.1, 0.15) is 0 Å². The maximum absolute atomic E-state index is 3.90. The molecule has 2 nitrogen and oxygen atoms in total. The fourth-order valence-corrected chi connectivity index (χ4v) is 4.71. The first kappa shape index (κ1) is 18.4. The maximum atomic E-state index is 3.90. The minimum atomic E-state index is 0.637. The molecule has 2 aliphatic carbocycles. The Morgan fingerprint density at radius 2 is 1.19 bits per heavy atom. The second-order valence-corrected chi connectivity index (χ2v) is 8.50. The Morgan fingerprint density at radius 3 is 1.81 bits per heavy atom. The molecule has 2 fully saturated rings. The summed E-state index contributed by atoms with van der Waals surface area (Å²) in [6.07, 6.45) is 14.5. The molecule has 0 atom stereocenters. The van der Waals surface area contributed by atoms with E-state index in [1.807, 2.05) is 0 Å². The van der Waals surface area contributed by atoms with Crippen molar-refractivity contribution in [1.29, 1.82) is 0 Å². The largest absolute Gasteiger partial charge is 0.381 e. The monoisotopic (exact) mass is 362 g/mol. The van der Waals surface area contributed by atoms with Gasteiger partial charge in [-0.2, -0.15) is 0 Å². The molecule has 27 heavy (non-hydrogen) atoms. The van der Waals surface area contributed by atoms with Gasteiger partial charge in [-0.05, 0) is 55.4 Å². The average molecular weight is 363 g/mol. The van der Waals surface area contributed by atoms with Crippen molar-refractivity contribution in [3.63, 3.8) is 0 Å². The van der Waals surface area contributed by atoms with Crippen molar-refractivity contribution in [3.05, 3.63) is 59.7 Å². The first-order valence-electron chi connectivity index (χ1n) is 11.1. The van der Waals surface area contributed by atoms with Crippen molar-refractivity contribution < 1.29 is 0 Å². The number of rotatable bonds is 6. The third-order valence-electron chi connectivity index (χ3n) is 6.26. The van der Waals surface area contributed by atoms with Gasteiger partial charge in [-0.3, -0.25) is 0 Å². The summed E-state index contributed by atoms with van der Waals surface area (Å²) in [6, 6.07) is 19.1. The molecule has 0 amide bonds. The molecule has 144 valence electrons. The first-order chi connectivity index (χ1) is 13.4. The minimum absolute atomic E-state index is 0.637. The highest BCUT2D eigenvalue weighted by Gasteiger charge is 2.18. The molecule has 2 saturated carbocycles. The molecule has 2 aliphatic rings. The fourth-order valence-electron chi connectivity index (χ4n) is 4.71. The Kier molecular flexibility index (Phi) is 6.34. The molecule has 0 heterocycles. The van der Waals surface area contributed by atoms with E-state index in [1.54, 1.807) is 0 Å². The van der Waals surface area contributed by atoms with Crippen LogP contribution in [-0.2, 0) is 6.42 Å².